The zero-order valence-corrected chi connectivity index (χ0v) is 24.1. The summed E-state index contributed by atoms with van der Waals surface area (Å²) < 4.78 is 24.7. The number of carbonyl (C=O) groups is 1. The number of carboxylic acid groups (broad SMARTS) is 1. The summed E-state index contributed by atoms with van der Waals surface area (Å²) in [6.07, 6.45) is 9.59. The van der Waals surface area contributed by atoms with E-state index >= 15 is 0 Å². The minimum atomic E-state index is -1.79. The molecule has 1 N–H and O–H groups in total. The Bertz CT molecular complexity index is 1310. The molecule has 0 amide bonds. The molecule has 3 aromatic carbocycles. The van der Waals surface area contributed by atoms with Crippen molar-refractivity contribution in [2.45, 2.75) is 101 Å². The summed E-state index contributed by atoms with van der Waals surface area (Å²) in [5.41, 5.74) is 4.82. The molecule has 3 saturated carbocycles. The van der Waals surface area contributed by atoms with Gasteiger partial charge < -0.3 is 14.7 Å². The fourth-order valence-electron chi connectivity index (χ4n) is 6.86. The predicted octanol–water partition coefficient (Wildman–Crippen LogP) is 8.67. The first kappa shape index (κ1) is 25.7. The Kier molecular flexibility index (Phi) is 8.02. The van der Waals surface area contributed by atoms with Crippen LogP contribution < -0.4 is 9.64 Å². The molecule has 4 heteroatoms. The normalized spacial score (nSPS) is 23.0. The average molecular weight is 542 g/mol. The van der Waals surface area contributed by atoms with E-state index in [-0.39, 0.29) is 17.9 Å². The number of aliphatic carboxylic acids is 1. The molecule has 212 valence electrons. The Morgan fingerprint density at radius 1 is 0.825 bits per heavy atom. The van der Waals surface area contributed by atoms with E-state index < -0.39 is 12.5 Å². The summed E-state index contributed by atoms with van der Waals surface area (Å²) >= 11 is 0. The highest BCUT2D eigenvalue weighted by Crippen LogP contribution is 2.58. The van der Waals surface area contributed by atoms with Crippen LogP contribution in [-0.4, -0.2) is 23.7 Å². The van der Waals surface area contributed by atoms with Crippen LogP contribution in [-0.2, 0) is 22.1 Å². The van der Waals surface area contributed by atoms with E-state index in [9.17, 15) is 7.54 Å². The van der Waals surface area contributed by atoms with Gasteiger partial charge >= 0.3 is 5.97 Å². The van der Waals surface area contributed by atoms with Gasteiger partial charge in [-0.3, -0.25) is 4.79 Å². The molecule has 3 aromatic rings. The van der Waals surface area contributed by atoms with E-state index in [0.717, 1.165) is 18.5 Å². The van der Waals surface area contributed by atoms with E-state index in [1.165, 1.54) is 49.7 Å². The second kappa shape index (κ2) is 12.5. The van der Waals surface area contributed by atoms with Crippen molar-refractivity contribution >= 4 is 11.7 Å². The Morgan fingerprint density at radius 2 is 1.40 bits per heavy atom. The Labute approximate surface area is 243 Å². The van der Waals surface area contributed by atoms with Gasteiger partial charge in [-0.2, -0.15) is 0 Å². The Balaban J connectivity index is 1.30. The number of benzene rings is 3. The largest absolute Gasteiger partial charge is 0.493 e. The third-order valence-electron chi connectivity index (χ3n) is 9.33. The van der Waals surface area contributed by atoms with E-state index in [4.69, 9.17) is 9.84 Å². The van der Waals surface area contributed by atoms with Crippen molar-refractivity contribution in [2.24, 2.45) is 0 Å². The van der Waals surface area contributed by atoms with Crippen molar-refractivity contribution in [3.63, 3.8) is 0 Å². The molecular formula is C36H45NO3. The second-order valence-electron chi connectivity index (χ2n) is 12.1. The van der Waals surface area contributed by atoms with Crippen molar-refractivity contribution in [3.05, 3.63) is 95.6 Å². The summed E-state index contributed by atoms with van der Waals surface area (Å²) in [5, 5.41) is 8.84. The first-order valence-corrected chi connectivity index (χ1v) is 15.1. The van der Waals surface area contributed by atoms with Crippen LogP contribution >= 0.6 is 0 Å². The lowest BCUT2D eigenvalue weighted by molar-refractivity contribution is -0.137. The number of carboxylic acids is 1. The van der Waals surface area contributed by atoms with Crippen molar-refractivity contribution in [1.82, 2.24) is 0 Å². The number of anilines is 1. The number of fused-ring (bicyclic) bond motifs is 3. The summed E-state index contributed by atoms with van der Waals surface area (Å²) in [7, 11) is 0. The van der Waals surface area contributed by atoms with E-state index in [0.29, 0.717) is 29.8 Å². The monoisotopic (exact) mass is 541 g/mol. The molecule has 4 nitrogen and oxygen atoms in total. The van der Waals surface area contributed by atoms with Crippen molar-refractivity contribution in [1.29, 1.82) is 0 Å². The molecule has 0 radical (unpaired) electrons. The standard InChI is InChI=1S/C36H45NO3/c1-28(2)37(27-29-11-8-9-14-33(29)40-26-10-4-7-15-34(38)39)32-18-16-31(17-19-32)36-23-20-35(21-24-36,22-25-36)30-12-5-3-6-13-30/h3,5-6,8-9,11-14,16-19,28H,4,7,10,15,20-27H2,1-2H3,(H,38,39)/i27D2. The number of para-hydroxylation sites is 1. The van der Waals surface area contributed by atoms with E-state index in [2.05, 4.69) is 54.6 Å². The van der Waals surface area contributed by atoms with Crippen molar-refractivity contribution < 1.29 is 17.4 Å². The van der Waals surface area contributed by atoms with Crippen LogP contribution in [0.3, 0.4) is 0 Å². The molecule has 0 heterocycles. The first-order valence-electron chi connectivity index (χ1n) is 16.1. The smallest absolute Gasteiger partial charge is 0.303 e. The van der Waals surface area contributed by atoms with Crippen LogP contribution in [0.4, 0.5) is 5.69 Å². The third kappa shape index (κ3) is 6.22. The van der Waals surface area contributed by atoms with Gasteiger partial charge in [0, 0.05) is 30.2 Å². The molecule has 6 rings (SSSR count). The van der Waals surface area contributed by atoms with Crippen molar-refractivity contribution in [3.8, 4) is 5.75 Å². The van der Waals surface area contributed by atoms with Gasteiger partial charge in [0.1, 0.15) is 5.75 Å². The molecule has 0 aromatic heterocycles. The highest BCUT2D eigenvalue weighted by atomic mass is 16.5. The number of nitrogens with zero attached hydrogens (tertiary/aromatic N) is 1. The lowest BCUT2D eigenvalue weighted by Crippen LogP contribution is -2.46. The summed E-state index contributed by atoms with van der Waals surface area (Å²) in [4.78, 5) is 12.6. The van der Waals surface area contributed by atoms with Crippen LogP contribution in [0.1, 0.15) is 97.5 Å². The molecule has 3 aliphatic rings. The van der Waals surface area contributed by atoms with E-state index in [1.54, 1.807) is 0 Å². The zero-order valence-electron chi connectivity index (χ0n) is 26.1. The molecule has 0 spiro atoms. The lowest BCUT2D eigenvalue weighted by Gasteiger charge is -2.54. The number of hydrogen-bond donors (Lipinski definition) is 1. The van der Waals surface area contributed by atoms with Crippen LogP contribution in [0.25, 0.3) is 0 Å². The SMILES string of the molecule is [2H]C([2H])(c1ccccc1OCCCCCC(=O)O)N(c1ccc(C23CCC(c4ccccc4)(CC2)CC3)cc1)C(C)C. The summed E-state index contributed by atoms with van der Waals surface area (Å²) in [5.74, 6) is -0.244. The molecule has 0 aliphatic heterocycles. The third-order valence-corrected chi connectivity index (χ3v) is 9.33. The van der Waals surface area contributed by atoms with Gasteiger partial charge in [0.05, 0.1) is 9.35 Å². The van der Waals surface area contributed by atoms with Gasteiger partial charge in [-0.15, -0.1) is 0 Å². The highest BCUT2D eigenvalue weighted by Gasteiger charge is 2.49. The number of hydrogen-bond acceptors (Lipinski definition) is 3. The van der Waals surface area contributed by atoms with E-state index in [1.807, 2.05) is 43.0 Å². The van der Waals surface area contributed by atoms with Gasteiger partial charge in [0.15, 0.2) is 0 Å². The summed E-state index contributed by atoms with van der Waals surface area (Å²) in [6, 6.07) is 27.1. The van der Waals surface area contributed by atoms with Gasteiger partial charge in [-0.25, -0.2) is 0 Å². The van der Waals surface area contributed by atoms with Crippen LogP contribution in [0.5, 0.6) is 5.75 Å². The van der Waals surface area contributed by atoms with Crippen LogP contribution in [0.15, 0.2) is 78.9 Å². The minimum Gasteiger partial charge on any atom is -0.493 e. The average Bonchev–Trinajstić information content (AvgIpc) is 3.00. The van der Waals surface area contributed by atoms with Crippen molar-refractivity contribution in [2.75, 3.05) is 11.5 Å². The number of ether oxygens (including phenoxy) is 1. The molecule has 0 saturated heterocycles. The Morgan fingerprint density at radius 3 is 2.00 bits per heavy atom. The molecule has 3 fully saturated rings. The zero-order chi connectivity index (χ0) is 29.8. The van der Waals surface area contributed by atoms with Gasteiger partial charge in [0.25, 0.3) is 0 Å². The van der Waals surface area contributed by atoms with Gasteiger partial charge in [-0.1, -0.05) is 60.7 Å². The van der Waals surface area contributed by atoms with Crippen LogP contribution in [0, 0.1) is 0 Å². The molecular weight excluding hydrogens is 494 g/mol. The maximum Gasteiger partial charge on any atom is 0.303 e. The highest BCUT2D eigenvalue weighted by molar-refractivity contribution is 5.66. The molecule has 0 unspecified atom stereocenters. The Hall–Kier alpha value is -3.27. The lowest BCUT2D eigenvalue weighted by atomic mass is 9.50. The number of rotatable bonds is 13. The second-order valence-corrected chi connectivity index (χ2v) is 12.1. The summed E-state index contributed by atoms with van der Waals surface area (Å²) in [6.45, 7) is 2.69. The molecule has 3 aliphatic carbocycles. The molecule has 40 heavy (non-hydrogen) atoms. The van der Waals surface area contributed by atoms with Crippen LogP contribution in [0.2, 0.25) is 0 Å². The topological polar surface area (TPSA) is 49.8 Å². The van der Waals surface area contributed by atoms with Gasteiger partial charge in [0.2, 0.25) is 0 Å². The molecule has 0 atom stereocenters. The quantitative estimate of drug-likeness (QED) is 0.220. The minimum absolute atomic E-state index is 0.0797. The predicted molar refractivity (Wildman–Crippen MR) is 163 cm³/mol. The van der Waals surface area contributed by atoms with Gasteiger partial charge in [-0.05, 0) is 112 Å². The maximum atomic E-state index is 10.8. The molecule has 2 bridgehead atoms. The fourth-order valence-corrected chi connectivity index (χ4v) is 6.86. The maximum absolute atomic E-state index is 10.8. The fraction of sp³-hybridized carbons (Fsp3) is 0.472. The number of unbranched alkanes of at least 4 members (excludes halogenated alkanes) is 2. The first-order chi connectivity index (χ1) is 20.2.